The molecule has 0 amide bonds. The van der Waals surface area contributed by atoms with Crippen LogP contribution in [0.1, 0.15) is 30.6 Å². The minimum absolute atomic E-state index is 0.0341. The molecule has 1 atom stereocenters. The first-order valence-electron chi connectivity index (χ1n) is 6.51. The van der Waals surface area contributed by atoms with E-state index in [-0.39, 0.29) is 35.3 Å². The average Bonchev–Trinajstić information content (AvgIpc) is 2.38. The van der Waals surface area contributed by atoms with Crippen molar-refractivity contribution in [3.05, 3.63) is 29.8 Å². The number of sulfone groups is 1. The number of aromatic carboxylic acids is 1. The Morgan fingerprint density at radius 1 is 1.35 bits per heavy atom. The Bertz CT molecular complexity index is 550. The summed E-state index contributed by atoms with van der Waals surface area (Å²) in [6.45, 7) is 3.79. The standard InChI is InChI=1S/C14H20O5S/c1-3-11(2)10-20(17,18)9-8-19-13-7-5-4-6-12(13)14(15)16/h4-7,11H,3,8-10H2,1-2H3,(H,15,16). The lowest BCUT2D eigenvalue weighted by molar-refractivity contribution is 0.0692. The molecule has 1 aromatic carbocycles. The maximum absolute atomic E-state index is 11.8. The average molecular weight is 300 g/mol. The fourth-order valence-corrected chi connectivity index (χ4v) is 3.29. The SMILES string of the molecule is CCC(C)CS(=O)(=O)CCOc1ccccc1C(=O)O. The zero-order valence-electron chi connectivity index (χ0n) is 11.7. The van der Waals surface area contributed by atoms with Crippen molar-refractivity contribution in [1.82, 2.24) is 0 Å². The largest absolute Gasteiger partial charge is 0.492 e. The van der Waals surface area contributed by atoms with E-state index < -0.39 is 15.8 Å². The quantitative estimate of drug-likeness (QED) is 0.796. The molecular weight excluding hydrogens is 280 g/mol. The Kier molecular flexibility index (Phi) is 6.01. The fourth-order valence-electron chi connectivity index (χ4n) is 1.68. The van der Waals surface area contributed by atoms with Crippen LogP contribution in [-0.2, 0) is 9.84 Å². The van der Waals surface area contributed by atoms with Gasteiger partial charge in [-0.1, -0.05) is 32.4 Å². The molecule has 1 N–H and O–H groups in total. The van der Waals surface area contributed by atoms with Crippen LogP contribution in [0.2, 0.25) is 0 Å². The third kappa shape index (κ3) is 5.21. The minimum atomic E-state index is -3.17. The molecule has 112 valence electrons. The normalized spacial score (nSPS) is 12.9. The van der Waals surface area contributed by atoms with Crippen LogP contribution in [0.3, 0.4) is 0 Å². The van der Waals surface area contributed by atoms with Gasteiger partial charge in [0.25, 0.3) is 0 Å². The highest BCUT2D eigenvalue weighted by atomic mass is 32.2. The predicted octanol–water partition coefficient (Wildman–Crippen LogP) is 2.22. The van der Waals surface area contributed by atoms with Gasteiger partial charge in [0, 0.05) is 0 Å². The molecule has 0 aliphatic rings. The van der Waals surface area contributed by atoms with Gasteiger partial charge in [0.2, 0.25) is 0 Å². The van der Waals surface area contributed by atoms with E-state index in [0.29, 0.717) is 0 Å². The van der Waals surface area contributed by atoms with Gasteiger partial charge >= 0.3 is 5.97 Å². The molecule has 0 fully saturated rings. The van der Waals surface area contributed by atoms with Crippen molar-refractivity contribution in [1.29, 1.82) is 0 Å². The van der Waals surface area contributed by atoms with E-state index in [1.165, 1.54) is 12.1 Å². The van der Waals surface area contributed by atoms with Crippen molar-refractivity contribution in [3.63, 3.8) is 0 Å². The number of hydrogen-bond donors (Lipinski definition) is 1. The summed E-state index contributed by atoms with van der Waals surface area (Å²) in [5.74, 6) is -0.758. The van der Waals surface area contributed by atoms with Crippen molar-refractivity contribution >= 4 is 15.8 Å². The van der Waals surface area contributed by atoms with Crippen molar-refractivity contribution in [2.45, 2.75) is 20.3 Å². The Labute approximate surface area is 119 Å². The van der Waals surface area contributed by atoms with Crippen LogP contribution in [-0.4, -0.2) is 37.6 Å². The van der Waals surface area contributed by atoms with Gasteiger partial charge in [-0.15, -0.1) is 0 Å². The molecular formula is C14H20O5S. The minimum Gasteiger partial charge on any atom is -0.492 e. The van der Waals surface area contributed by atoms with Crippen LogP contribution in [0.15, 0.2) is 24.3 Å². The van der Waals surface area contributed by atoms with Gasteiger partial charge in [-0.25, -0.2) is 13.2 Å². The van der Waals surface area contributed by atoms with Gasteiger partial charge in [0.05, 0.1) is 11.5 Å². The molecule has 5 nitrogen and oxygen atoms in total. The monoisotopic (exact) mass is 300 g/mol. The topological polar surface area (TPSA) is 80.7 Å². The summed E-state index contributed by atoms with van der Waals surface area (Å²) in [5, 5.41) is 8.98. The molecule has 1 rings (SSSR count). The summed E-state index contributed by atoms with van der Waals surface area (Å²) in [4.78, 5) is 11.0. The molecule has 0 saturated heterocycles. The Balaban J connectivity index is 2.59. The first-order chi connectivity index (χ1) is 9.35. The number of carboxylic acids is 1. The van der Waals surface area contributed by atoms with E-state index in [1.54, 1.807) is 12.1 Å². The summed E-state index contributed by atoms with van der Waals surface area (Å²) in [6.07, 6.45) is 0.807. The Hall–Kier alpha value is -1.56. The maximum Gasteiger partial charge on any atom is 0.339 e. The molecule has 1 unspecified atom stereocenters. The predicted molar refractivity (Wildman–Crippen MR) is 77.0 cm³/mol. The smallest absolute Gasteiger partial charge is 0.339 e. The molecule has 0 bridgehead atoms. The second-order valence-electron chi connectivity index (χ2n) is 4.78. The van der Waals surface area contributed by atoms with Gasteiger partial charge in [-0.3, -0.25) is 0 Å². The Morgan fingerprint density at radius 3 is 2.60 bits per heavy atom. The lowest BCUT2D eigenvalue weighted by Gasteiger charge is -2.11. The molecule has 0 heterocycles. The van der Waals surface area contributed by atoms with Crippen molar-refractivity contribution < 1.29 is 23.1 Å². The maximum atomic E-state index is 11.8. The summed E-state index contributed by atoms with van der Waals surface area (Å²) in [6, 6.07) is 6.18. The molecule has 20 heavy (non-hydrogen) atoms. The first-order valence-corrected chi connectivity index (χ1v) is 8.33. The summed E-state index contributed by atoms with van der Waals surface area (Å²) in [7, 11) is -3.17. The lowest BCUT2D eigenvalue weighted by atomic mass is 10.2. The molecule has 0 saturated carbocycles. The second-order valence-corrected chi connectivity index (χ2v) is 7.01. The molecule has 0 spiro atoms. The number of para-hydroxylation sites is 1. The number of ether oxygens (including phenoxy) is 1. The fraction of sp³-hybridized carbons (Fsp3) is 0.500. The zero-order valence-corrected chi connectivity index (χ0v) is 12.5. The van der Waals surface area contributed by atoms with Crippen LogP contribution in [0.25, 0.3) is 0 Å². The second kappa shape index (κ2) is 7.28. The third-order valence-corrected chi connectivity index (χ3v) is 4.87. The third-order valence-electron chi connectivity index (χ3n) is 3.00. The highest BCUT2D eigenvalue weighted by Gasteiger charge is 2.16. The van der Waals surface area contributed by atoms with Gasteiger partial charge in [0.15, 0.2) is 9.84 Å². The highest BCUT2D eigenvalue weighted by molar-refractivity contribution is 7.91. The molecule has 0 radical (unpaired) electrons. The van der Waals surface area contributed by atoms with Crippen LogP contribution < -0.4 is 4.74 Å². The number of carbonyl (C=O) groups is 1. The number of carboxylic acid groups (broad SMARTS) is 1. The Morgan fingerprint density at radius 2 is 2.00 bits per heavy atom. The molecule has 0 aliphatic carbocycles. The van der Waals surface area contributed by atoms with Crippen LogP contribution in [0.4, 0.5) is 0 Å². The molecule has 6 heteroatoms. The van der Waals surface area contributed by atoms with Gasteiger partial charge in [-0.05, 0) is 18.1 Å². The van der Waals surface area contributed by atoms with Gasteiger partial charge < -0.3 is 9.84 Å². The van der Waals surface area contributed by atoms with Crippen LogP contribution in [0, 0.1) is 5.92 Å². The molecule has 0 aliphatic heterocycles. The van der Waals surface area contributed by atoms with Gasteiger partial charge in [0.1, 0.15) is 17.9 Å². The highest BCUT2D eigenvalue weighted by Crippen LogP contribution is 2.17. The van der Waals surface area contributed by atoms with Crippen molar-refractivity contribution in [3.8, 4) is 5.75 Å². The van der Waals surface area contributed by atoms with Crippen LogP contribution >= 0.6 is 0 Å². The van der Waals surface area contributed by atoms with Crippen LogP contribution in [0.5, 0.6) is 5.75 Å². The zero-order chi connectivity index (χ0) is 15.2. The lowest BCUT2D eigenvalue weighted by Crippen LogP contribution is -2.21. The summed E-state index contributed by atoms with van der Waals surface area (Å²) < 4.78 is 28.9. The molecule has 1 aromatic rings. The van der Waals surface area contributed by atoms with Gasteiger partial charge in [-0.2, -0.15) is 0 Å². The van der Waals surface area contributed by atoms with E-state index >= 15 is 0 Å². The van der Waals surface area contributed by atoms with E-state index in [2.05, 4.69) is 0 Å². The van der Waals surface area contributed by atoms with E-state index in [9.17, 15) is 13.2 Å². The van der Waals surface area contributed by atoms with E-state index in [1.807, 2.05) is 13.8 Å². The van der Waals surface area contributed by atoms with E-state index in [0.717, 1.165) is 6.42 Å². The van der Waals surface area contributed by atoms with Crippen molar-refractivity contribution in [2.24, 2.45) is 5.92 Å². The number of hydrogen-bond acceptors (Lipinski definition) is 4. The number of rotatable bonds is 8. The van der Waals surface area contributed by atoms with E-state index in [4.69, 9.17) is 9.84 Å². The summed E-state index contributed by atoms with van der Waals surface area (Å²) >= 11 is 0. The summed E-state index contributed by atoms with van der Waals surface area (Å²) in [5.41, 5.74) is 0.0341. The number of benzene rings is 1. The first kappa shape index (κ1) is 16.5. The molecule has 0 aromatic heterocycles. The van der Waals surface area contributed by atoms with Crippen molar-refractivity contribution in [2.75, 3.05) is 18.1 Å².